The summed E-state index contributed by atoms with van der Waals surface area (Å²) in [5, 5.41) is 2.69. The molecule has 0 bridgehead atoms. The number of aromatic nitrogens is 1. The molecule has 2 aliphatic rings. The number of rotatable bonds is 6. The van der Waals surface area contributed by atoms with E-state index in [1.54, 1.807) is 12.1 Å². The SMILES string of the molecule is Nc1ccc(/C=C/c2ccc3c(c2)OCO3)cc1.O=C(Nc1ccc(/C=C/c2ccc3c(c2)OCO3)cc1)c1cccc(F)n1. The second-order valence-corrected chi connectivity index (χ2v) is 9.98. The summed E-state index contributed by atoms with van der Waals surface area (Å²) in [6.07, 6.45) is 7.99. The summed E-state index contributed by atoms with van der Waals surface area (Å²) in [5.41, 5.74) is 11.2. The molecule has 1 amide bonds. The Labute approximate surface area is 259 Å². The first-order chi connectivity index (χ1) is 22.0. The van der Waals surface area contributed by atoms with Gasteiger partial charge in [-0.3, -0.25) is 4.79 Å². The highest BCUT2D eigenvalue weighted by Gasteiger charge is 2.13. The van der Waals surface area contributed by atoms with Crippen LogP contribution in [0.3, 0.4) is 0 Å². The third-order valence-corrected chi connectivity index (χ3v) is 6.78. The van der Waals surface area contributed by atoms with Gasteiger partial charge in [-0.1, -0.05) is 66.8 Å². The van der Waals surface area contributed by atoms with E-state index in [1.807, 2.05) is 97.1 Å². The van der Waals surface area contributed by atoms with Gasteiger partial charge in [-0.25, -0.2) is 4.98 Å². The normalized spacial score (nSPS) is 12.6. The van der Waals surface area contributed by atoms with Crippen LogP contribution < -0.4 is 30.0 Å². The van der Waals surface area contributed by atoms with Crippen molar-refractivity contribution in [3.05, 3.63) is 137 Å². The van der Waals surface area contributed by atoms with Gasteiger partial charge in [-0.2, -0.15) is 4.39 Å². The Bertz CT molecular complexity index is 1870. The van der Waals surface area contributed by atoms with Crippen molar-refractivity contribution in [2.24, 2.45) is 0 Å². The molecule has 0 spiro atoms. The molecule has 3 N–H and O–H groups in total. The van der Waals surface area contributed by atoms with Crippen molar-refractivity contribution in [2.75, 3.05) is 24.6 Å². The zero-order valence-corrected chi connectivity index (χ0v) is 24.0. The molecule has 9 heteroatoms. The number of amides is 1. The highest BCUT2D eigenvalue weighted by molar-refractivity contribution is 6.02. The number of benzene rings is 4. The quantitative estimate of drug-likeness (QED) is 0.118. The first-order valence-electron chi connectivity index (χ1n) is 14.0. The fourth-order valence-electron chi connectivity index (χ4n) is 4.43. The molecule has 1 aromatic heterocycles. The maximum absolute atomic E-state index is 13.1. The number of halogens is 1. The Balaban J connectivity index is 0.000000172. The standard InChI is InChI=1S/C21H15FN2O3.C15H13NO2/c22-20-3-1-2-17(24-20)21(25)23-16-9-6-14(7-10-16)4-5-15-8-11-18-19(12-15)27-13-26-18;16-13-6-3-11(4-7-13)1-2-12-5-8-14-15(9-12)18-10-17-14/h1-12H,13H2,(H,23,25);1-9H,10,16H2/b5-4+;2-1+. The average molecular weight is 602 g/mol. The molecule has 0 atom stereocenters. The average Bonchev–Trinajstić information content (AvgIpc) is 3.74. The van der Waals surface area contributed by atoms with Crippen molar-refractivity contribution in [1.82, 2.24) is 4.98 Å². The lowest BCUT2D eigenvalue weighted by Crippen LogP contribution is -2.14. The predicted molar refractivity (Wildman–Crippen MR) is 172 cm³/mol. The number of nitrogens with two attached hydrogens (primary N) is 1. The Morgan fingerprint density at radius 1 is 0.644 bits per heavy atom. The molecule has 224 valence electrons. The minimum Gasteiger partial charge on any atom is -0.454 e. The van der Waals surface area contributed by atoms with Gasteiger partial charge < -0.3 is 30.0 Å². The van der Waals surface area contributed by atoms with Crippen LogP contribution in [0.5, 0.6) is 23.0 Å². The van der Waals surface area contributed by atoms with E-state index >= 15 is 0 Å². The molecular weight excluding hydrogens is 573 g/mol. The van der Waals surface area contributed by atoms with Gasteiger partial charge in [0.25, 0.3) is 5.91 Å². The van der Waals surface area contributed by atoms with E-state index in [1.165, 1.54) is 18.2 Å². The molecule has 0 unspecified atom stereocenters. The molecule has 0 saturated heterocycles. The number of nitrogen functional groups attached to an aromatic ring is 1. The van der Waals surface area contributed by atoms with Crippen LogP contribution >= 0.6 is 0 Å². The van der Waals surface area contributed by atoms with Gasteiger partial charge in [0.1, 0.15) is 5.69 Å². The number of hydrogen-bond donors (Lipinski definition) is 2. The molecule has 8 nitrogen and oxygen atoms in total. The number of fused-ring (bicyclic) bond motifs is 2. The topological polar surface area (TPSA) is 105 Å². The van der Waals surface area contributed by atoms with Crippen LogP contribution in [-0.2, 0) is 0 Å². The Hall–Kier alpha value is -6.09. The van der Waals surface area contributed by atoms with Crippen LogP contribution in [0.1, 0.15) is 32.7 Å². The van der Waals surface area contributed by atoms with Gasteiger partial charge in [0, 0.05) is 11.4 Å². The van der Waals surface area contributed by atoms with E-state index in [9.17, 15) is 9.18 Å². The molecule has 45 heavy (non-hydrogen) atoms. The summed E-state index contributed by atoms with van der Waals surface area (Å²) in [6.45, 7) is 0.557. The summed E-state index contributed by atoms with van der Waals surface area (Å²) in [7, 11) is 0. The van der Waals surface area contributed by atoms with Gasteiger partial charge in [0.15, 0.2) is 23.0 Å². The van der Waals surface area contributed by atoms with Crippen LogP contribution in [0.15, 0.2) is 103 Å². The molecule has 0 aliphatic carbocycles. The second-order valence-electron chi connectivity index (χ2n) is 9.98. The smallest absolute Gasteiger partial charge is 0.274 e. The molecule has 2 aliphatic heterocycles. The van der Waals surface area contributed by atoms with Gasteiger partial charge in [0.2, 0.25) is 19.5 Å². The minimum atomic E-state index is -0.688. The number of pyridine rings is 1. The Morgan fingerprint density at radius 2 is 1.13 bits per heavy atom. The van der Waals surface area contributed by atoms with Crippen molar-refractivity contribution in [3.8, 4) is 23.0 Å². The fraction of sp³-hybridized carbons (Fsp3) is 0.0556. The number of carbonyl (C=O) groups excluding carboxylic acids is 1. The summed E-state index contributed by atoms with van der Waals surface area (Å²) in [5.74, 6) is 1.94. The number of carbonyl (C=O) groups is 1. The highest BCUT2D eigenvalue weighted by Crippen LogP contribution is 2.34. The van der Waals surface area contributed by atoms with E-state index in [2.05, 4.69) is 10.3 Å². The summed E-state index contributed by atoms with van der Waals surface area (Å²) >= 11 is 0. The highest BCUT2D eigenvalue weighted by atomic mass is 19.1. The third kappa shape index (κ3) is 7.66. The van der Waals surface area contributed by atoms with Crippen molar-refractivity contribution in [2.45, 2.75) is 0 Å². The van der Waals surface area contributed by atoms with Crippen molar-refractivity contribution in [3.63, 3.8) is 0 Å². The molecule has 3 heterocycles. The summed E-state index contributed by atoms with van der Waals surface area (Å²) in [4.78, 5) is 15.6. The van der Waals surface area contributed by atoms with Crippen molar-refractivity contribution in [1.29, 1.82) is 0 Å². The predicted octanol–water partition coefficient (Wildman–Crippen LogP) is 7.54. The number of hydrogen-bond acceptors (Lipinski definition) is 7. The lowest BCUT2D eigenvalue weighted by Gasteiger charge is -2.05. The fourth-order valence-corrected chi connectivity index (χ4v) is 4.43. The Kier molecular flexibility index (Phi) is 8.68. The van der Waals surface area contributed by atoms with Crippen molar-refractivity contribution >= 4 is 41.6 Å². The first-order valence-corrected chi connectivity index (χ1v) is 14.0. The minimum absolute atomic E-state index is 0.0294. The van der Waals surface area contributed by atoms with E-state index in [0.717, 1.165) is 50.9 Å². The van der Waals surface area contributed by atoms with Crippen LogP contribution in [0, 0.1) is 5.95 Å². The Morgan fingerprint density at radius 3 is 1.69 bits per heavy atom. The van der Waals surface area contributed by atoms with Crippen LogP contribution in [0.25, 0.3) is 24.3 Å². The lowest BCUT2D eigenvalue weighted by atomic mass is 10.1. The molecular formula is C36H28FN3O5. The van der Waals surface area contributed by atoms with E-state index in [-0.39, 0.29) is 12.5 Å². The van der Waals surface area contributed by atoms with Gasteiger partial charge in [-0.15, -0.1) is 0 Å². The van der Waals surface area contributed by atoms with Crippen molar-refractivity contribution < 1.29 is 28.1 Å². The lowest BCUT2D eigenvalue weighted by molar-refractivity contribution is 0.102. The number of ether oxygens (including phenoxy) is 4. The van der Waals surface area contributed by atoms with Crippen LogP contribution in [0.4, 0.5) is 15.8 Å². The number of anilines is 2. The molecule has 7 rings (SSSR count). The largest absolute Gasteiger partial charge is 0.454 e. The maximum atomic E-state index is 13.1. The maximum Gasteiger partial charge on any atom is 0.274 e. The monoisotopic (exact) mass is 601 g/mol. The van der Waals surface area contributed by atoms with E-state index in [4.69, 9.17) is 24.7 Å². The zero-order chi connectivity index (χ0) is 31.0. The second kappa shape index (κ2) is 13.5. The summed E-state index contributed by atoms with van der Waals surface area (Å²) in [6, 6.07) is 30.8. The van der Waals surface area contributed by atoms with E-state index < -0.39 is 11.9 Å². The van der Waals surface area contributed by atoms with Gasteiger partial charge in [-0.05, 0) is 82.9 Å². The molecule has 4 aromatic carbocycles. The molecule has 0 radical (unpaired) electrons. The molecule has 0 saturated carbocycles. The van der Waals surface area contributed by atoms with E-state index in [0.29, 0.717) is 12.5 Å². The van der Waals surface area contributed by atoms with Crippen LogP contribution in [0.2, 0.25) is 0 Å². The number of nitrogens with one attached hydrogen (secondary N) is 1. The first kappa shape index (κ1) is 29.0. The number of nitrogens with zero attached hydrogens (tertiary/aromatic N) is 1. The molecule has 0 fully saturated rings. The van der Waals surface area contributed by atoms with Gasteiger partial charge in [0.05, 0.1) is 0 Å². The van der Waals surface area contributed by atoms with Gasteiger partial charge >= 0.3 is 0 Å². The van der Waals surface area contributed by atoms with Crippen LogP contribution in [-0.4, -0.2) is 24.5 Å². The third-order valence-electron chi connectivity index (χ3n) is 6.78. The molecule has 5 aromatic rings. The summed E-state index contributed by atoms with van der Waals surface area (Å²) < 4.78 is 34.4. The zero-order valence-electron chi connectivity index (χ0n) is 24.0.